The van der Waals surface area contributed by atoms with E-state index in [9.17, 15) is 0 Å². The zero-order valence-corrected chi connectivity index (χ0v) is 16.7. The molecule has 3 aromatic rings. The number of hydrogen-bond donors (Lipinski definition) is 1. The lowest BCUT2D eigenvalue weighted by atomic mass is 10.0. The zero-order valence-electron chi connectivity index (χ0n) is 15.2. The van der Waals surface area contributed by atoms with Crippen LogP contribution >= 0.6 is 23.2 Å². The van der Waals surface area contributed by atoms with Crippen LogP contribution in [-0.4, -0.2) is 16.7 Å². The molecule has 0 radical (unpaired) electrons. The Balaban J connectivity index is 2.11. The topological polar surface area (TPSA) is 53.1 Å². The number of rotatable bonds is 6. The molecule has 3 rings (SSSR count). The van der Waals surface area contributed by atoms with Gasteiger partial charge in [-0.05, 0) is 42.2 Å². The molecule has 6 heteroatoms. The fraction of sp³-hybridized carbons (Fsp3) is 0.350. The van der Waals surface area contributed by atoms with Gasteiger partial charge in [0.2, 0.25) is 0 Å². The molecular weight excluding hydrogens is 369 g/mol. The Bertz CT molecular complexity index is 921. The van der Waals surface area contributed by atoms with Crippen LogP contribution in [0.5, 0.6) is 5.75 Å². The van der Waals surface area contributed by atoms with Crippen molar-refractivity contribution in [3.05, 3.63) is 57.8 Å². The first-order chi connectivity index (χ1) is 12.4. The van der Waals surface area contributed by atoms with Crippen LogP contribution < -0.4 is 10.5 Å². The van der Waals surface area contributed by atoms with Crippen molar-refractivity contribution < 1.29 is 4.74 Å². The van der Waals surface area contributed by atoms with E-state index in [1.165, 1.54) is 0 Å². The molecule has 1 heterocycles. The average Bonchev–Trinajstić information content (AvgIpc) is 2.92. The molecule has 2 aromatic carbocycles. The van der Waals surface area contributed by atoms with Crippen LogP contribution in [0, 0.1) is 5.92 Å². The van der Waals surface area contributed by atoms with Gasteiger partial charge in [0.05, 0.1) is 34.2 Å². The largest absolute Gasteiger partial charge is 0.497 e. The van der Waals surface area contributed by atoms with Crippen LogP contribution in [0.1, 0.15) is 37.7 Å². The van der Waals surface area contributed by atoms with Gasteiger partial charge in [0.15, 0.2) is 0 Å². The summed E-state index contributed by atoms with van der Waals surface area (Å²) < 4.78 is 7.46. The van der Waals surface area contributed by atoms with Gasteiger partial charge in [-0.25, -0.2) is 4.98 Å². The van der Waals surface area contributed by atoms with Crippen LogP contribution in [0.2, 0.25) is 10.0 Å². The molecule has 0 amide bonds. The molecule has 138 valence electrons. The number of methoxy groups -OCH3 is 1. The highest BCUT2D eigenvalue weighted by atomic mass is 35.5. The van der Waals surface area contributed by atoms with Crippen LogP contribution in [0.4, 0.5) is 0 Å². The van der Waals surface area contributed by atoms with Gasteiger partial charge < -0.3 is 15.0 Å². The van der Waals surface area contributed by atoms with Crippen LogP contribution in [-0.2, 0) is 6.54 Å². The summed E-state index contributed by atoms with van der Waals surface area (Å²) in [6.45, 7) is 4.94. The highest BCUT2D eigenvalue weighted by Crippen LogP contribution is 2.31. The van der Waals surface area contributed by atoms with Gasteiger partial charge in [-0.1, -0.05) is 49.2 Å². The molecular formula is C20H23Cl2N3O. The van der Waals surface area contributed by atoms with Gasteiger partial charge in [0, 0.05) is 6.54 Å². The summed E-state index contributed by atoms with van der Waals surface area (Å²) in [6, 6.07) is 11.5. The zero-order chi connectivity index (χ0) is 18.8. The van der Waals surface area contributed by atoms with E-state index in [4.69, 9.17) is 38.7 Å². The monoisotopic (exact) mass is 391 g/mol. The van der Waals surface area contributed by atoms with Crippen molar-refractivity contribution in [3.63, 3.8) is 0 Å². The first kappa shape index (κ1) is 19.0. The van der Waals surface area contributed by atoms with Gasteiger partial charge >= 0.3 is 0 Å². The Labute approximate surface area is 163 Å². The van der Waals surface area contributed by atoms with Gasteiger partial charge in [0.1, 0.15) is 11.6 Å². The predicted molar refractivity (Wildman–Crippen MR) is 108 cm³/mol. The first-order valence-corrected chi connectivity index (χ1v) is 9.38. The number of benzene rings is 2. The molecule has 0 bridgehead atoms. The smallest absolute Gasteiger partial charge is 0.127 e. The second-order valence-corrected chi connectivity index (χ2v) is 7.71. The molecule has 4 nitrogen and oxygen atoms in total. The standard InChI is InChI=1S/C20H23Cl2N3O/c1-12(2)7-17(23)20-24-18-9-15(21)16(22)10-19(18)25(20)11-13-5-4-6-14(8-13)26-3/h4-6,8-10,12,17H,7,11,23H2,1-3H3/t17-/m0/s1. The maximum Gasteiger partial charge on any atom is 0.127 e. The van der Waals surface area contributed by atoms with E-state index in [1.807, 2.05) is 24.3 Å². The van der Waals surface area contributed by atoms with E-state index in [0.29, 0.717) is 22.5 Å². The summed E-state index contributed by atoms with van der Waals surface area (Å²) >= 11 is 12.4. The summed E-state index contributed by atoms with van der Waals surface area (Å²) in [6.07, 6.45) is 0.850. The van der Waals surface area contributed by atoms with Crippen molar-refractivity contribution in [2.45, 2.75) is 32.9 Å². The summed E-state index contributed by atoms with van der Waals surface area (Å²) in [7, 11) is 1.66. The molecule has 0 spiro atoms. The molecule has 26 heavy (non-hydrogen) atoms. The highest BCUT2D eigenvalue weighted by molar-refractivity contribution is 6.42. The van der Waals surface area contributed by atoms with Crippen LogP contribution in [0.3, 0.4) is 0 Å². The number of imidazole rings is 1. The normalized spacial score (nSPS) is 12.7. The molecule has 0 unspecified atom stereocenters. The van der Waals surface area contributed by atoms with E-state index < -0.39 is 0 Å². The number of halogens is 2. The third-order valence-corrected chi connectivity index (χ3v) is 5.07. The Hall–Kier alpha value is -1.75. The fourth-order valence-electron chi connectivity index (χ4n) is 3.15. The third-order valence-electron chi connectivity index (χ3n) is 4.35. The number of nitrogens with two attached hydrogens (primary N) is 1. The van der Waals surface area contributed by atoms with Crippen LogP contribution in [0.25, 0.3) is 11.0 Å². The molecule has 0 saturated heterocycles. The van der Waals surface area contributed by atoms with Crippen molar-refractivity contribution in [2.75, 3.05) is 7.11 Å². The second kappa shape index (κ2) is 7.87. The minimum absolute atomic E-state index is 0.162. The molecule has 1 aromatic heterocycles. The summed E-state index contributed by atoms with van der Waals surface area (Å²) in [4.78, 5) is 4.77. The molecule has 0 saturated carbocycles. The van der Waals surface area contributed by atoms with E-state index in [-0.39, 0.29) is 6.04 Å². The predicted octanol–water partition coefficient (Wildman–Crippen LogP) is 5.45. The van der Waals surface area contributed by atoms with Crippen molar-refractivity contribution in [2.24, 2.45) is 11.7 Å². The van der Waals surface area contributed by atoms with Crippen molar-refractivity contribution >= 4 is 34.2 Å². The van der Waals surface area contributed by atoms with Gasteiger partial charge in [-0.2, -0.15) is 0 Å². The quantitative estimate of drug-likeness (QED) is 0.607. The Morgan fingerprint density at radius 2 is 1.88 bits per heavy atom. The maximum atomic E-state index is 6.47. The Morgan fingerprint density at radius 1 is 1.15 bits per heavy atom. The lowest BCUT2D eigenvalue weighted by Gasteiger charge is -2.17. The molecule has 0 aliphatic carbocycles. The van der Waals surface area contributed by atoms with E-state index >= 15 is 0 Å². The summed E-state index contributed by atoms with van der Waals surface area (Å²) in [5.74, 6) is 2.14. The van der Waals surface area contributed by atoms with Gasteiger partial charge in [0.25, 0.3) is 0 Å². The third kappa shape index (κ3) is 3.98. The van der Waals surface area contributed by atoms with E-state index in [1.54, 1.807) is 13.2 Å². The number of aromatic nitrogens is 2. The van der Waals surface area contributed by atoms with Crippen molar-refractivity contribution in [1.82, 2.24) is 9.55 Å². The van der Waals surface area contributed by atoms with E-state index in [0.717, 1.165) is 34.6 Å². The van der Waals surface area contributed by atoms with Gasteiger partial charge in [-0.3, -0.25) is 0 Å². The lowest BCUT2D eigenvalue weighted by molar-refractivity contribution is 0.414. The highest BCUT2D eigenvalue weighted by Gasteiger charge is 2.19. The molecule has 2 N–H and O–H groups in total. The first-order valence-electron chi connectivity index (χ1n) is 8.62. The minimum Gasteiger partial charge on any atom is -0.497 e. The number of nitrogens with zero attached hydrogens (tertiary/aromatic N) is 2. The molecule has 0 aliphatic heterocycles. The molecule has 0 fully saturated rings. The van der Waals surface area contributed by atoms with Crippen molar-refractivity contribution in [3.8, 4) is 5.75 Å². The van der Waals surface area contributed by atoms with Crippen molar-refractivity contribution in [1.29, 1.82) is 0 Å². The van der Waals surface area contributed by atoms with Gasteiger partial charge in [-0.15, -0.1) is 0 Å². The average molecular weight is 392 g/mol. The van der Waals surface area contributed by atoms with Crippen LogP contribution in [0.15, 0.2) is 36.4 Å². The number of ether oxygens (including phenoxy) is 1. The fourth-order valence-corrected chi connectivity index (χ4v) is 3.47. The Morgan fingerprint density at radius 3 is 2.58 bits per heavy atom. The molecule has 0 aliphatic rings. The molecule has 1 atom stereocenters. The summed E-state index contributed by atoms with van der Waals surface area (Å²) in [5, 5.41) is 1.00. The Kier molecular flexibility index (Phi) is 5.76. The summed E-state index contributed by atoms with van der Waals surface area (Å²) in [5.41, 5.74) is 9.31. The minimum atomic E-state index is -0.162. The SMILES string of the molecule is COc1cccc(Cn2c([C@@H](N)CC(C)C)nc3cc(Cl)c(Cl)cc32)c1. The lowest BCUT2D eigenvalue weighted by Crippen LogP contribution is -2.19. The second-order valence-electron chi connectivity index (χ2n) is 6.90. The van der Waals surface area contributed by atoms with E-state index in [2.05, 4.69) is 24.5 Å². The maximum absolute atomic E-state index is 6.47. The number of fused-ring (bicyclic) bond motifs is 1. The number of hydrogen-bond acceptors (Lipinski definition) is 3.